The second kappa shape index (κ2) is 11.1. The van der Waals surface area contributed by atoms with E-state index in [-0.39, 0.29) is 68.2 Å². The van der Waals surface area contributed by atoms with E-state index in [1.807, 2.05) is 0 Å². The van der Waals surface area contributed by atoms with Crippen LogP contribution in [0.1, 0.15) is 68.2 Å². The first-order valence-corrected chi connectivity index (χ1v) is 9.76. The zero-order valence-corrected chi connectivity index (χ0v) is 21.8. The van der Waals surface area contributed by atoms with Gasteiger partial charge in [-0.3, -0.25) is 6.08 Å². The molecule has 2 rings (SSSR count). The van der Waals surface area contributed by atoms with Crippen molar-refractivity contribution >= 4 is 12.0 Å². The number of hydrogen-bond acceptors (Lipinski definition) is 2. The molecular formula is C22H33Cl2OSTi. The SMILES string of the molecule is CC(C)OSC1(C2=[C-]CC=C2)CC=C(C(C)(C)C)C=C1C(C)(C)C.[Cl-].[Cl-].[Ti+3]. The van der Waals surface area contributed by atoms with Crippen molar-refractivity contribution in [3.8, 4) is 0 Å². The van der Waals surface area contributed by atoms with E-state index in [2.05, 4.69) is 85.8 Å². The molecule has 0 bridgehead atoms. The van der Waals surface area contributed by atoms with E-state index in [1.54, 1.807) is 12.0 Å². The Labute approximate surface area is 198 Å². The Morgan fingerprint density at radius 1 is 1.07 bits per heavy atom. The number of allylic oxidation sites excluding steroid dienone is 6. The van der Waals surface area contributed by atoms with Gasteiger partial charge in [0.25, 0.3) is 0 Å². The summed E-state index contributed by atoms with van der Waals surface area (Å²) in [6, 6.07) is 0. The molecule has 1 atom stereocenters. The summed E-state index contributed by atoms with van der Waals surface area (Å²) in [5.41, 5.74) is 4.38. The Hall–Kier alpha value is 0.564. The first-order valence-electron chi connectivity index (χ1n) is 9.02. The van der Waals surface area contributed by atoms with Crippen molar-refractivity contribution in [2.75, 3.05) is 0 Å². The largest absolute Gasteiger partial charge is 3.00 e. The van der Waals surface area contributed by atoms with Crippen molar-refractivity contribution in [3.63, 3.8) is 0 Å². The van der Waals surface area contributed by atoms with Crippen molar-refractivity contribution in [2.24, 2.45) is 10.8 Å². The van der Waals surface area contributed by atoms with E-state index in [1.165, 1.54) is 16.7 Å². The molecule has 0 spiro atoms. The van der Waals surface area contributed by atoms with Gasteiger partial charge < -0.3 is 29.0 Å². The van der Waals surface area contributed by atoms with Crippen LogP contribution >= 0.6 is 12.0 Å². The predicted molar refractivity (Wildman–Crippen MR) is 107 cm³/mol. The summed E-state index contributed by atoms with van der Waals surface area (Å²) in [6.45, 7) is 18.0. The van der Waals surface area contributed by atoms with E-state index in [9.17, 15) is 0 Å². The van der Waals surface area contributed by atoms with Gasteiger partial charge in [-0.25, -0.2) is 11.6 Å². The second-order valence-corrected chi connectivity index (χ2v) is 10.2. The van der Waals surface area contributed by atoms with E-state index in [4.69, 9.17) is 4.18 Å². The molecule has 0 saturated heterocycles. The predicted octanol–water partition coefficient (Wildman–Crippen LogP) is 0.842. The Balaban J connectivity index is 0. The van der Waals surface area contributed by atoms with E-state index < -0.39 is 0 Å². The summed E-state index contributed by atoms with van der Waals surface area (Å²) in [4.78, 5) is 0. The van der Waals surface area contributed by atoms with Crippen LogP contribution in [0.2, 0.25) is 0 Å². The minimum absolute atomic E-state index is 0. The van der Waals surface area contributed by atoms with Gasteiger partial charge in [0.2, 0.25) is 0 Å². The van der Waals surface area contributed by atoms with Crippen LogP contribution in [0, 0.1) is 16.9 Å². The maximum Gasteiger partial charge on any atom is 3.00 e. The molecule has 1 unspecified atom stereocenters. The van der Waals surface area contributed by atoms with Gasteiger partial charge in [-0.2, -0.15) is 6.08 Å². The number of rotatable bonds is 4. The van der Waals surface area contributed by atoms with E-state index in [0.717, 1.165) is 12.8 Å². The van der Waals surface area contributed by atoms with Crippen LogP contribution in [0.5, 0.6) is 0 Å². The number of halogens is 2. The maximum absolute atomic E-state index is 6.10. The molecule has 0 saturated carbocycles. The van der Waals surface area contributed by atoms with E-state index >= 15 is 0 Å². The molecule has 0 aromatic carbocycles. The van der Waals surface area contributed by atoms with Gasteiger partial charge in [-0.05, 0) is 42.2 Å². The quantitative estimate of drug-likeness (QED) is 0.347. The zero-order valence-electron chi connectivity index (χ0n) is 17.9. The molecule has 5 heteroatoms. The fraction of sp³-hybridized carbons (Fsp3) is 0.636. The van der Waals surface area contributed by atoms with Crippen molar-refractivity contribution in [1.29, 1.82) is 0 Å². The Morgan fingerprint density at radius 3 is 2.07 bits per heavy atom. The van der Waals surface area contributed by atoms with Crippen LogP contribution in [0.15, 0.2) is 41.0 Å². The average molecular weight is 464 g/mol. The van der Waals surface area contributed by atoms with Crippen LogP contribution in [0.4, 0.5) is 0 Å². The smallest absolute Gasteiger partial charge is 1.00 e. The van der Waals surface area contributed by atoms with Crippen LogP contribution in [0.25, 0.3) is 0 Å². The van der Waals surface area contributed by atoms with Crippen molar-refractivity contribution in [2.45, 2.75) is 79.1 Å². The third-order valence-electron chi connectivity index (χ3n) is 4.53. The molecule has 0 amide bonds. The standard InChI is InChI=1S/C22H33OS.2ClH.Ti/c1-16(2)23-24-22(17-11-9-10-12-17)14-13-18(20(3,4)5)15-19(22)21(6,7)8;;;/h9,11,13,15-16H,10,14H2,1-8H3;2*1H;/q-1;;;+3/p-2. The molecule has 2 aliphatic carbocycles. The van der Waals surface area contributed by atoms with Gasteiger partial charge >= 0.3 is 21.7 Å². The van der Waals surface area contributed by atoms with Crippen molar-refractivity contribution in [1.82, 2.24) is 0 Å². The summed E-state index contributed by atoms with van der Waals surface area (Å²) in [6.07, 6.45) is 14.9. The fourth-order valence-corrected chi connectivity index (χ4v) is 4.47. The van der Waals surface area contributed by atoms with E-state index in [0.29, 0.717) is 0 Å². The van der Waals surface area contributed by atoms with Crippen molar-refractivity contribution in [3.05, 3.63) is 47.1 Å². The third kappa shape index (κ3) is 7.09. The fourth-order valence-electron chi connectivity index (χ4n) is 3.28. The monoisotopic (exact) mass is 463 g/mol. The molecule has 1 nitrogen and oxygen atoms in total. The molecule has 1 radical (unpaired) electrons. The molecule has 0 aromatic rings. The van der Waals surface area contributed by atoms with Gasteiger partial charge in [0.15, 0.2) is 0 Å². The first kappa shape index (κ1) is 29.8. The Morgan fingerprint density at radius 2 is 1.67 bits per heavy atom. The summed E-state index contributed by atoms with van der Waals surface area (Å²) >= 11 is 1.63. The van der Waals surface area contributed by atoms with Gasteiger partial charge in [0, 0.05) is 12.0 Å². The molecule has 0 aliphatic heterocycles. The summed E-state index contributed by atoms with van der Waals surface area (Å²) in [5.74, 6) is 0. The Kier molecular flexibility index (Phi) is 12.2. The third-order valence-corrected chi connectivity index (χ3v) is 5.90. The van der Waals surface area contributed by atoms with Crippen LogP contribution in [-0.4, -0.2) is 10.9 Å². The van der Waals surface area contributed by atoms with Crippen LogP contribution < -0.4 is 24.8 Å². The normalized spacial score (nSPS) is 22.2. The molecule has 0 heterocycles. The van der Waals surface area contributed by atoms with Crippen molar-refractivity contribution < 1.29 is 50.7 Å². The minimum atomic E-state index is -0.162. The Bertz CT molecular complexity index is 607. The topological polar surface area (TPSA) is 9.23 Å². The summed E-state index contributed by atoms with van der Waals surface area (Å²) in [5, 5.41) is 0. The first-order chi connectivity index (χ1) is 11.0. The van der Waals surface area contributed by atoms with Gasteiger partial charge in [0.1, 0.15) is 0 Å². The molecule has 0 N–H and O–H groups in total. The van der Waals surface area contributed by atoms with Crippen LogP contribution in [0.3, 0.4) is 0 Å². The molecule has 27 heavy (non-hydrogen) atoms. The summed E-state index contributed by atoms with van der Waals surface area (Å²) < 4.78 is 5.93. The second-order valence-electron chi connectivity index (χ2n) is 9.17. The zero-order chi connectivity index (χ0) is 18.2. The maximum atomic E-state index is 6.10. The van der Waals surface area contributed by atoms with Gasteiger partial charge in [-0.1, -0.05) is 53.7 Å². The molecular weight excluding hydrogens is 431 g/mol. The molecule has 0 fully saturated rings. The average Bonchev–Trinajstić information content (AvgIpc) is 2.97. The van der Waals surface area contributed by atoms with Gasteiger partial charge in [0.05, 0.1) is 10.9 Å². The van der Waals surface area contributed by atoms with Crippen LogP contribution in [-0.2, 0) is 25.9 Å². The minimum Gasteiger partial charge on any atom is -1.00 e. The molecule has 2 aliphatic rings. The number of hydrogen-bond donors (Lipinski definition) is 0. The summed E-state index contributed by atoms with van der Waals surface area (Å²) in [7, 11) is 0. The van der Waals surface area contributed by atoms with Gasteiger partial charge in [-0.15, -0.1) is 6.42 Å². The molecule has 151 valence electrons. The molecule has 0 aromatic heterocycles.